The van der Waals surface area contributed by atoms with Crippen LogP contribution in [-0.4, -0.2) is 43.7 Å². The molecule has 5 nitrogen and oxygen atoms in total. The third-order valence-corrected chi connectivity index (χ3v) is 3.43. The Morgan fingerprint density at radius 1 is 1.32 bits per heavy atom. The van der Waals surface area contributed by atoms with Crippen LogP contribution in [0, 0.1) is 17.1 Å². The van der Waals surface area contributed by atoms with E-state index in [4.69, 9.17) is 10.00 Å². The lowest BCUT2D eigenvalue weighted by Gasteiger charge is -2.35. The molecule has 2 rings (SSSR count). The molecule has 1 aromatic rings. The molecule has 1 heterocycles. The first-order chi connectivity index (χ1) is 10.6. The lowest BCUT2D eigenvalue weighted by atomic mass is 10.2. The predicted molar refractivity (Wildman–Crippen MR) is 80.5 cm³/mol. The monoisotopic (exact) mass is 303 g/mol. The van der Waals surface area contributed by atoms with E-state index >= 15 is 0 Å². The molecule has 1 fully saturated rings. The van der Waals surface area contributed by atoms with Gasteiger partial charge in [0.2, 0.25) is 0 Å². The van der Waals surface area contributed by atoms with E-state index in [0.29, 0.717) is 13.1 Å². The Morgan fingerprint density at radius 3 is 2.50 bits per heavy atom. The maximum Gasteiger partial charge on any atom is 0.350 e. The summed E-state index contributed by atoms with van der Waals surface area (Å²) in [4.78, 5) is 15.6. The van der Waals surface area contributed by atoms with Crippen molar-refractivity contribution >= 4 is 11.7 Å². The number of esters is 1. The van der Waals surface area contributed by atoms with Crippen molar-refractivity contribution < 1.29 is 13.9 Å². The van der Waals surface area contributed by atoms with Gasteiger partial charge in [-0.15, -0.1) is 0 Å². The Labute approximate surface area is 129 Å². The topological polar surface area (TPSA) is 56.6 Å². The Hall–Kier alpha value is -2.55. The number of nitriles is 1. The number of rotatable bonds is 4. The van der Waals surface area contributed by atoms with Crippen molar-refractivity contribution in [3.05, 3.63) is 41.9 Å². The highest BCUT2D eigenvalue weighted by atomic mass is 19.1. The minimum atomic E-state index is -0.592. The summed E-state index contributed by atoms with van der Waals surface area (Å²) < 4.78 is 17.8. The molecule has 0 saturated carbocycles. The van der Waals surface area contributed by atoms with E-state index in [1.165, 1.54) is 12.1 Å². The van der Waals surface area contributed by atoms with Gasteiger partial charge in [-0.25, -0.2) is 9.18 Å². The van der Waals surface area contributed by atoms with Crippen molar-refractivity contribution in [2.24, 2.45) is 0 Å². The molecule has 0 amide bonds. The number of anilines is 1. The van der Waals surface area contributed by atoms with Crippen LogP contribution < -0.4 is 4.90 Å². The molecule has 116 valence electrons. The summed E-state index contributed by atoms with van der Waals surface area (Å²) in [6.45, 7) is 4.79. The number of hydrogen-bond acceptors (Lipinski definition) is 5. The molecule has 0 N–H and O–H groups in total. The number of ether oxygens (including phenoxy) is 1. The molecule has 0 atom stereocenters. The molecule has 0 aromatic heterocycles. The van der Waals surface area contributed by atoms with E-state index in [1.54, 1.807) is 25.3 Å². The summed E-state index contributed by atoms with van der Waals surface area (Å²) in [5.74, 6) is -0.843. The van der Waals surface area contributed by atoms with Crippen LogP contribution in [0.1, 0.15) is 6.92 Å². The van der Waals surface area contributed by atoms with Crippen molar-refractivity contribution in [2.45, 2.75) is 6.92 Å². The third-order valence-electron chi connectivity index (χ3n) is 3.43. The fourth-order valence-electron chi connectivity index (χ4n) is 2.28. The van der Waals surface area contributed by atoms with Crippen molar-refractivity contribution in [1.82, 2.24) is 4.90 Å². The fourth-order valence-corrected chi connectivity index (χ4v) is 2.28. The summed E-state index contributed by atoms with van der Waals surface area (Å²) in [5.41, 5.74) is 0.980. The summed E-state index contributed by atoms with van der Waals surface area (Å²) >= 11 is 0. The fraction of sp³-hybridized carbons (Fsp3) is 0.375. The van der Waals surface area contributed by atoms with Crippen molar-refractivity contribution in [3.8, 4) is 6.07 Å². The van der Waals surface area contributed by atoms with E-state index < -0.39 is 5.97 Å². The van der Waals surface area contributed by atoms with Gasteiger partial charge in [0, 0.05) is 38.1 Å². The van der Waals surface area contributed by atoms with Gasteiger partial charge in [-0.3, -0.25) is 0 Å². The molecule has 0 bridgehead atoms. The van der Waals surface area contributed by atoms with E-state index in [-0.39, 0.29) is 18.0 Å². The van der Waals surface area contributed by atoms with Gasteiger partial charge in [0.15, 0.2) is 5.57 Å². The van der Waals surface area contributed by atoms with Crippen molar-refractivity contribution in [2.75, 3.05) is 37.7 Å². The molecule has 1 saturated heterocycles. The van der Waals surface area contributed by atoms with Gasteiger partial charge in [0.25, 0.3) is 0 Å². The van der Waals surface area contributed by atoms with Crippen LogP contribution in [0.25, 0.3) is 0 Å². The summed E-state index contributed by atoms with van der Waals surface area (Å²) in [6, 6.07) is 8.25. The van der Waals surface area contributed by atoms with Gasteiger partial charge in [-0.1, -0.05) is 0 Å². The van der Waals surface area contributed by atoms with Crippen LogP contribution in [0.2, 0.25) is 0 Å². The molecule has 0 aliphatic carbocycles. The van der Waals surface area contributed by atoms with Gasteiger partial charge in [0.1, 0.15) is 11.9 Å². The first-order valence-electron chi connectivity index (χ1n) is 7.17. The van der Waals surface area contributed by atoms with Crippen LogP contribution in [0.15, 0.2) is 36.0 Å². The quantitative estimate of drug-likeness (QED) is 0.483. The normalized spacial score (nSPS) is 15.4. The van der Waals surface area contributed by atoms with Crippen LogP contribution in [0.5, 0.6) is 0 Å². The molecule has 0 radical (unpaired) electrons. The number of nitrogens with zero attached hydrogens (tertiary/aromatic N) is 3. The highest BCUT2D eigenvalue weighted by Gasteiger charge is 2.18. The minimum Gasteiger partial charge on any atom is -0.462 e. The second-order valence-electron chi connectivity index (χ2n) is 4.87. The Balaban J connectivity index is 1.95. The zero-order valence-electron chi connectivity index (χ0n) is 12.5. The predicted octanol–water partition coefficient (Wildman–Crippen LogP) is 1.92. The number of carbonyl (C=O) groups is 1. The van der Waals surface area contributed by atoms with Crippen LogP contribution in [0.3, 0.4) is 0 Å². The minimum absolute atomic E-state index is 0.0112. The van der Waals surface area contributed by atoms with Gasteiger partial charge in [-0.2, -0.15) is 5.26 Å². The first kappa shape index (κ1) is 15.8. The largest absolute Gasteiger partial charge is 0.462 e. The first-order valence-corrected chi connectivity index (χ1v) is 7.17. The zero-order chi connectivity index (χ0) is 15.9. The van der Waals surface area contributed by atoms with Gasteiger partial charge < -0.3 is 14.5 Å². The summed E-state index contributed by atoms with van der Waals surface area (Å²) in [5, 5.41) is 9.02. The molecular formula is C16H18FN3O2. The van der Waals surface area contributed by atoms with Crippen LogP contribution in [-0.2, 0) is 9.53 Å². The lowest BCUT2D eigenvalue weighted by Crippen LogP contribution is -2.44. The van der Waals surface area contributed by atoms with E-state index in [9.17, 15) is 9.18 Å². The molecule has 0 spiro atoms. The summed E-state index contributed by atoms with van der Waals surface area (Å²) in [7, 11) is 0. The van der Waals surface area contributed by atoms with Crippen LogP contribution in [0.4, 0.5) is 10.1 Å². The number of halogens is 1. The van der Waals surface area contributed by atoms with Crippen molar-refractivity contribution in [1.29, 1.82) is 5.26 Å². The second-order valence-corrected chi connectivity index (χ2v) is 4.87. The molecule has 1 aromatic carbocycles. The smallest absolute Gasteiger partial charge is 0.350 e. The van der Waals surface area contributed by atoms with E-state index in [2.05, 4.69) is 4.90 Å². The third kappa shape index (κ3) is 3.98. The number of benzene rings is 1. The summed E-state index contributed by atoms with van der Waals surface area (Å²) in [6.07, 6.45) is 1.56. The van der Waals surface area contributed by atoms with Gasteiger partial charge in [-0.05, 0) is 31.2 Å². The van der Waals surface area contributed by atoms with Gasteiger partial charge in [0.05, 0.1) is 6.61 Å². The maximum atomic E-state index is 12.9. The van der Waals surface area contributed by atoms with Crippen LogP contribution >= 0.6 is 0 Å². The molecule has 6 heteroatoms. The average Bonchev–Trinajstić information content (AvgIpc) is 2.54. The molecule has 1 aliphatic heterocycles. The number of piperazine rings is 1. The molecular weight excluding hydrogens is 285 g/mol. The Bertz CT molecular complexity index is 584. The van der Waals surface area contributed by atoms with E-state index in [1.807, 2.05) is 11.0 Å². The Kier molecular flexibility index (Phi) is 5.37. The van der Waals surface area contributed by atoms with Gasteiger partial charge >= 0.3 is 5.97 Å². The Morgan fingerprint density at radius 2 is 1.95 bits per heavy atom. The highest BCUT2D eigenvalue weighted by Crippen LogP contribution is 2.17. The SMILES string of the molecule is CCOC(=O)/C(C#N)=C\N1CCN(c2ccc(F)cc2)CC1. The zero-order valence-corrected chi connectivity index (χ0v) is 12.5. The number of carbonyl (C=O) groups excluding carboxylic acids is 1. The standard InChI is InChI=1S/C16H18FN3O2/c1-2-22-16(21)13(11-18)12-19-7-9-20(10-8-19)15-5-3-14(17)4-6-15/h3-6,12H,2,7-10H2,1H3/b13-12-. The second kappa shape index (κ2) is 7.46. The molecule has 1 aliphatic rings. The van der Waals surface area contributed by atoms with Crippen molar-refractivity contribution in [3.63, 3.8) is 0 Å². The molecule has 0 unspecified atom stereocenters. The molecule has 22 heavy (non-hydrogen) atoms. The maximum absolute atomic E-state index is 12.9. The van der Waals surface area contributed by atoms with E-state index in [0.717, 1.165) is 18.8 Å². The average molecular weight is 303 g/mol. The number of hydrogen-bond donors (Lipinski definition) is 0. The highest BCUT2D eigenvalue weighted by molar-refractivity contribution is 5.92. The lowest BCUT2D eigenvalue weighted by molar-refractivity contribution is -0.138.